The molecule has 0 aliphatic carbocycles. The Labute approximate surface area is 198 Å². The Morgan fingerprint density at radius 2 is 1.67 bits per heavy atom. The van der Waals surface area contributed by atoms with Gasteiger partial charge < -0.3 is 9.08 Å². The number of nitrogens with zero attached hydrogens (tertiary/aromatic N) is 1. The van der Waals surface area contributed by atoms with Crippen LogP contribution < -0.4 is 4.18 Å². The molecule has 2 aromatic carbocycles. The first-order valence-corrected chi connectivity index (χ1v) is 13.3. The van der Waals surface area contributed by atoms with Crippen LogP contribution in [0.25, 0.3) is 0 Å². The van der Waals surface area contributed by atoms with Crippen LogP contribution in [0.2, 0.25) is 0 Å². The molecular weight excluding hydrogens is 441 g/mol. The number of amides is 1. The van der Waals surface area contributed by atoms with E-state index in [1.807, 2.05) is 24.8 Å². The highest BCUT2D eigenvalue weighted by molar-refractivity contribution is 7.87. The lowest BCUT2D eigenvalue weighted by molar-refractivity contribution is -0.134. The number of rotatable bonds is 14. The average Bonchev–Trinajstić information content (AvgIpc) is 2.79. The Kier molecular flexibility index (Phi) is 10.8. The number of hydrogen-bond acceptors (Lipinski definition) is 4. The highest BCUT2D eigenvalue weighted by Crippen LogP contribution is 2.22. The molecule has 0 saturated carbocycles. The molecular formula is C26H36FNO4S. The minimum atomic E-state index is -4.08. The predicted octanol–water partition coefficient (Wildman–Crippen LogP) is 6.47. The summed E-state index contributed by atoms with van der Waals surface area (Å²) in [5, 5.41) is 0. The molecule has 0 N–H and O–H groups in total. The topological polar surface area (TPSA) is 63.7 Å². The average molecular weight is 478 g/mol. The lowest BCUT2D eigenvalue weighted by atomic mass is 10.1. The maximum Gasteiger partial charge on any atom is 0.339 e. The maximum absolute atomic E-state index is 13.1. The second-order valence-corrected chi connectivity index (χ2v) is 9.98. The Morgan fingerprint density at radius 3 is 2.33 bits per heavy atom. The maximum atomic E-state index is 13.1. The Morgan fingerprint density at radius 1 is 1.00 bits per heavy atom. The molecule has 182 valence electrons. The first-order chi connectivity index (χ1) is 15.8. The van der Waals surface area contributed by atoms with Crippen LogP contribution in [0.5, 0.6) is 5.75 Å². The number of hydrogen-bond donors (Lipinski definition) is 0. The van der Waals surface area contributed by atoms with Crippen LogP contribution >= 0.6 is 0 Å². The number of unbranched alkanes of at least 4 members (excludes halogenated alkanes) is 5. The van der Waals surface area contributed by atoms with Crippen molar-refractivity contribution in [3.05, 3.63) is 59.9 Å². The third-order valence-electron chi connectivity index (χ3n) is 5.75. The quantitative estimate of drug-likeness (QED) is 0.231. The van der Waals surface area contributed by atoms with E-state index in [1.54, 1.807) is 18.2 Å². The van der Waals surface area contributed by atoms with E-state index in [-0.39, 0.29) is 22.6 Å². The van der Waals surface area contributed by atoms with Gasteiger partial charge in [0.2, 0.25) is 5.91 Å². The summed E-state index contributed by atoms with van der Waals surface area (Å²) in [6.45, 7) is 6.65. The van der Waals surface area contributed by atoms with Crippen molar-refractivity contribution in [2.24, 2.45) is 0 Å². The Balaban J connectivity index is 2.04. The van der Waals surface area contributed by atoms with Crippen LogP contribution in [0.4, 0.5) is 4.39 Å². The summed E-state index contributed by atoms with van der Waals surface area (Å²) in [5.74, 6) is -0.249. The minimum Gasteiger partial charge on any atom is -0.379 e. The van der Waals surface area contributed by atoms with Gasteiger partial charge >= 0.3 is 10.1 Å². The fourth-order valence-corrected chi connectivity index (χ4v) is 4.50. The van der Waals surface area contributed by atoms with Gasteiger partial charge in [-0.2, -0.15) is 8.42 Å². The van der Waals surface area contributed by atoms with E-state index >= 15 is 0 Å². The molecule has 2 rings (SSSR count). The van der Waals surface area contributed by atoms with Gasteiger partial charge in [0.05, 0.1) is 0 Å². The van der Waals surface area contributed by atoms with Crippen LogP contribution in [0.1, 0.15) is 77.7 Å². The number of benzene rings is 2. The second-order valence-electron chi connectivity index (χ2n) is 8.44. The largest absolute Gasteiger partial charge is 0.379 e. The normalized spacial score (nSPS) is 12.4. The van der Waals surface area contributed by atoms with Gasteiger partial charge in [-0.25, -0.2) is 4.39 Å². The van der Waals surface area contributed by atoms with Crippen LogP contribution in [0, 0.1) is 5.82 Å². The van der Waals surface area contributed by atoms with Crippen LogP contribution in [0.3, 0.4) is 0 Å². The highest BCUT2D eigenvalue weighted by atomic mass is 32.2. The predicted molar refractivity (Wildman–Crippen MR) is 129 cm³/mol. The molecule has 1 unspecified atom stereocenters. The third kappa shape index (κ3) is 8.80. The van der Waals surface area contributed by atoms with Gasteiger partial charge in [0.15, 0.2) is 0 Å². The second kappa shape index (κ2) is 13.3. The van der Waals surface area contributed by atoms with Crippen molar-refractivity contribution < 1.29 is 21.8 Å². The summed E-state index contributed by atoms with van der Waals surface area (Å²) >= 11 is 0. The molecule has 1 amide bonds. The molecule has 33 heavy (non-hydrogen) atoms. The van der Waals surface area contributed by atoms with E-state index < -0.39 is 15.9 Å². The summed E-state index contributed by atoms with van der Waals surface area (Å²) < 4.78 is 43.4. The van der Waals surface area contributed by atoms with Crippen LogP contribution in [-0.4, -0.2) is 25.3 Å². The van der Waals surface area contributed by atoms with E-state index in [1.165, 1.54) is 31.4 Å². The zero-order chi connectivity index (χ0) is 24.3. The fourth-order valence-electron chi connectivity index (χ4n) is 3.58. The zero-order valence-corrected chi connectivity index (χ0v) is 20.7. The first-order valence-electron chi connectivity index (χ1n) is 11.8. The monoisotopic (exact) mass is 477 g/mol. The number of halogens is 1. The van der Waals surface area contributed by atoms with Crippen molar-refractivity contribution in [3.8, 4) is 5.75 Å². The molecule has 2 aromatic rings. The molecule has 0 spiro atoms. The Hall–Kier alpha value is -2.41. The van der Waals surface area contributed by atoms with Gasteiger partial charge in [0, 0.05) is 19.0 Å². The number of carbonyl (C=O) groups is 1. The van der Waals surface area contributed by atoms with E-state index in [9.17, 15) is 17.6 Å². The smallest absolute Gasteiger partial charge is 0.339 e. The van der Waals surface area contributed by atoms with Crippen LogP contribution in [-0.2, 0) is 21.5 Å². The van der Waals surface area contributed by atoms with Gasteiger partial charge in [-0.3, -0.25) is 4.79 Å². The highest BCUT2D eigenvalue weighted by Gasteiger charge is 2.20. The fraction of sp³-hybridized carbons (Fsp3) is 0.500. The molecule has 0 saturated heterocycles. The van der Waals surface area contributed by atoms with Gasteiger partial charge in [-0.05, 0) is 61.7 Å². The van der Waals surface area contributed by atoms with Crippen molar-refractivity contribution in [1.29, 1.82) is 0 Å². The molecule has 1 atom stereocenters. The van der Waals surface area contributed by atoms with Crippen molar-refractivity contribution >= 4 is 16.0 Å². The molecule has 0 aliphatic heterocycles. The third-order valence-corrected chi connectivity index (χ3v) is 7.01. The van der Waals surface area contributed by atoms with Crippen molar-refractivity contribution in [2.75, 3.05) is 0 Å². The van der Waals surface area contributed by atoms with Crippen LogP contribution in [0.15, 0.2) is 53.4 Å². The molecule has 0 bridgehead atoms. The molecule has 7 heteroatoms. The molecule has 0 aliphatic rings. The lowest BCUT2D eigenvalue weighted by Crippen LogP contribution is -2.37. The summed E-state index contributed by atoms with van der Waals surface area (Å²) in [7, 11) is -4.08. The number of carbonyl (C=O) groups excluding carboxylic acids is 1. The summed E-state index contributed by atoms with van der Waals surface area (Å²) in [6, 6.07) is 11.3. The zero-order valence-electron chi connectivity index (χ0n) is 19.9. The van der Waals surface area contributed by atoms with E-state index in [0.717, 1.165) is 43.4 Å². The molecule has 5 nitrogen and oxygen atoms in total. The summed E-state index contributed by atoms with van der Waals surface area (Å²) in [4.78, 5) is 14.7. The molecule has 0 heterocycles. The van der Waals surface area contributed by atoms with Crippen molar-refractivity contribution in [3.63, 3.8) is 0 Å². The first kappa shape index (κ1) is 26.8. The molecule has 0 aromatic heterocycles. The van der Waals surface area contributed by atoms with Gasteiger partial charge in [0.25, 0.3) is 0 Å². The molecule has 0 radical (unpaired) electrons. The van der Waals surface area contributed by atoms with E-state index in [0.29, 0.717) is 13.0 Å². The van der Waals surface area contributed by atoms with Gasteiger partial charge in [0.1, 0.15) is 16.5 Å². The lowest BCUT2D eigenvalue weighted by Gasteiger charge is -2.29. The standard InChI is InChI=1S/C26H36FNO4S/c1-4-6-7-8-9-10-14-26(29)28(21(3)5-2)20-22-12-11-13-24(19-22)32-33(30,31)25-17-15-23(27)16-18-25/h11-13,15-19,21H,4-10,14,20H2,1-3H3. The van der Waals surface area contributed by atoms with Crippen molar-refractivity contribution in [2.45, 2.75) is 89.6 Å². The summed E-state index contributed by atoms with van der Waals surface area (Å²) in [5.41, 5.74) is 0.790. The van der Waals surface area contributed by atoms with Crippen molar-refractivity contribution in [1.82, 2.24) is 4.90 Å². The van der Waals surface area contributed by atoms with E-state index in [4.69, 9.17) is 4.18 Å². The van der Waals surface area contributed by atoms with Gasteiger partial charge in [-0.1, -0.05) is 58.1 Å². The SMILES string of the molecule is CCCCCCCCC(=O)N(Cc1cccc(OS(=O)(=O)c2ccc(F)cc2)c1)C(C)CC. The van der Waals surface area contributed by atoms with E-state index in [2.05, 4.69) is 6.92 Å². The Bertz CT molecular complexity index is 976. The van der Waals surface area contributed by atoms with Gasteiger partial charge in [-0.15, -0.1) is 0 Å². The minimum absolute atomic E-state index is 0.0742. The summed E-state index contributed by atoms with van der Waals surface area (Å²) in [6.07, 6.45) is 8.11. The molecule has 0 fully saturated rings.